The molecule has 0 spiro atoms. The van der Waals surface area contributed by atoms with Gasteiger partial charge in [-0.05, 0) is 42.7 Å². The second-order valence-electron chi connectivity index (χ2n) is 6.03. The average molecular weight is 453 g/mol. The van der Waals surface area contributed by atoms with E-state index in [2.05, 4.69) is 15.5 Å². The summed E-state index contributed by atoms with van der Waals surface area (Å²) in [5.41, 5.74) is -1.51. The minimum absolute atomic E-state index is 0.0410. The highest BCUT2D eigenvalue weighted by Gasteiger charge is 2.35. The number of nitrogens with zero attached hydrogens (tertiary/aromatic N) is 2. The van der Waals surface area contributed by atoms with E-state index in [0.717, 1.165) is 17.0 Å². The molecule has 0 saturated heterocycles. The number of benzene rings is 2. The normalized spacial score (nSPS) is 11.2. The van der Waals surface area contributed by atoms with Crippen LogP contribution in [-0.4, -0.2) is 29.5 Å². The highest BCUT2D eigenvalue weighted by atomic mass is 32.2. The van der Waals surface area contributed by atoms with Gasteiger partial charge in [0.15, 0.2) is 17.2 Å². The molecule has 11 heteroatoms. The van der Waals surface area contributed by atoms with Crippen molar-refractivity contribution in [2.45, 2.75) is 11.1 Å². The molecule has 1 amide bonds. The fourth-order valence-corrected chi connectivity index (χ4v) is 2.95. The number of anilines is 1. The summed E-state index contributed by atoms with van der Waals surface area (Å²) in [6.07, 6.45) is -2.99. The van der Waals surface area contributed by atoms with E-state index in [1.54, 1.807) is 18.2 Å². The lowest BCUT2D eigenvalue weighted by atomic mass is 10.2. The molecule has 2 aromatic carbocycles. The zero-order valence-corrected chi connectivity index (χ0v) is 17.0. The summed E-state index contributed by atoms with van der Waals surface area (Å²) >= 11 is 1.43. The first-order valence-electron chi connectivity index (χ1n) is 8.63. The molecule has 0 aliphatic rings. The Morgan fingerprint density at radius 2 is 1.84 bits per heavy atom. The van der Waals surface area contributed by atoms with Crippen LogP contribution in [0.15, 0.2) is 53.4 Å². The Kier molecular flexibility index (Phi) is 6.64. The highest BCUT2D eigenvalue weighted by molar-refractivity contribution is 7.98. The maximum atomic E-state index is 13.4. The van der Waals surface area contributed by atoms with Crippen molar-refractivity contribution in [1.82, 2.24) is 10.2 Å². The van der Waals surface area contributed by atoms with Crippen molar-refractivity contribution < 1.29 is 31.8 Å². The van der Waals surface area contributed by atoms with Gasteiger partial charge >= 0.3 is 6.18 Å². The van der Waals surface area contributed by atoms with E-state index in [4.69, 9.17) is 9.47 Å². The van der Waals surface area contributed by atoms with Gasteiger partial charge in [0, 0.05) is 16.6 Å². The predicted molar refractivity (Wildman–Crippen MR) is 106 cm³/mol. The summed E-state index contributed by atoms with van der Waals surface area (Å²) in [5, 5.41) is 9.04. The van der Waals surface area contributed by atoms with E-state index in [0.29, 0.717) is 11.8 Å². The minimum atomic E-state index is -4.83. The number of nitrogens with one attached hydrogen (secondary N) is 1. The van der Waals surface area contributed by atoms with E-state index in [1.165, 1.54) is 24.9 Å². The maximum absolute atomic E-state index is 13.4. The number of hydrogen-bond donors (Lipinski definition) is 1. The highest BCUT2D eigenvalue weighted by Crippen LogP contribution is 2.35. The zero-order chi connectivity index (χ0) is 22.6. The Labute approximate surface area is 178 Å². The molecule has 6 nitrogen and oxygen atoms in total. The lowest BCUT2D eigenvalue weighted by Gasteiger charge is -2.14. The molecule has 0 unspecified atom stereocenters. The van der Waals surface area contributed by atoms with Crippen LogP contribution >= 0.6 is 11.8 Å². The number of ether oxygens (including phenoxy) is 2. The standard InChI is InChI=1S/C20H15F4N3O3S/c1-29-16-8-11(21)6-7-15(16)30-19-14(10-17(26-27-19)20(22,23)24)18(28)25-12-4-3-5-13(9-12)31-2/h3-10H,1-2H3,(H,25,28). The number of hydrogen-bond acceptors (Lipinski definition) is 6. The summed E-state index contributed by atoms with van der Waals surface area (Å²) in [6, 6.07) is 10.5. The molecule has 0 radical (unpaired) electrons. The summed E-state index contributed by atoms with van der Waals surface area (Å²) in [6.45, 7) is 0. The number of rotatable bonds is 6. The second kappa shape index (κ2) is 9.21. The maximum Gasteiger partial charge on any atom is 0.435 e. The minimum Gasteiger partial charge on any atom is -0.493 e. The van der Waals surface area contributed by atoms with Crippen LogP contribution in [-0.2, 0) is 6.18 Å². The number of methoxy groups -OCH3 is 1. The number of alkyl halides is 3. The molecule has 1 heterocycles. The monoisotopic (exact) mass is 453 g/mol. The van der Waals surface area contributed by atoms with E-state index in [1.807, 2.05) is 12.3 Å². The Morgan fingerprint density at radius 1 is 1.06 bits per heavy atom. The Bertz CT molecular complexity index is 1110. The Morgan fingerprint density at radius 3 is 2.52 bits per heavy atom. The Balaban J connectivity index is 2.00. The van der Waals surface area contributed by atoms with Gasteiger partial charge in [-0.2, -0.15) is 13.2 Å². The largest absolute Gasteiger partial charge is 0.493 e. The first-order valence-corrected chi connectivity index (χ1v) is 9.85. The van der Waals surface area contributed by atoms with Crippen molar-refractivity contribution in [3.8, 4) is 17.4 Å². The third-order valence-corrected chi connectivity index (χ3v) is 4.68. The number of halogens is 4. The van der Waals surface area contributed by atoms with Crippen LogP contribution in [0.5, 0.6) is 17.4 Å². The van der Waals surface area contributed by atoms with Gasteiger partial charge in [-0.3, -0.25) is 4.79 Å². The molecule has 0 aliphatic carbocycles. The van der Waals surface area contributed by atoms with Crippen molar-refractivity contribution in [1.29, 1.82) is 0 Å². The number of amides is 1. The van der Waals surface area contributed by atoms with Gasteiger partial charge in [0.25, 0.3) is 11.8 Å². The molecule has 3 aromatic rings. The summed E-state index contributed by atoms with van der Waals surface area (Å²) in [5.74, 6) is -2.11. The van der Waals surface area contributed by atoms with Gasteiger partial charge in [-0.25, -0.2) is 4.39 Å². The first kappa shape index (κ1) is 22.3. The predicted octanol–water partition coefficient (Wildman–Crippen LogP) is 5.41. The second-order valence-corrected chi connectivity index (χ2v) is 6.91. The number of aromatic nitrogens is 2. The van der Waals surface area contributed by atoms with Crippen LogP contribution in [0, 0.1) is 5.82 Å². The molecule has 0 bridgehead atoms. The topological polar surface area (TPSA) is 73.3 Å². The van der Waals surface area contributed by atoms with Crippen LogP contribution in [0.4, 0.5) is 23.2 Å². The summed E-state index contributed by atoms with van der Waals surface area (Å²) in [4.78, 5) is 13.6. The van der Waals surface area contributed by atoms with Crippen LogP contribution < -0.4 is 14.8 Å². The fraction of sp³-hybridized carbons (Fsp3) is 0.150. The molecular weight excluding hydrogens is 438 g/mol. The molecule has 162 valence electrons. The van der Waals surface area contributed by atoms with Crippen LogP contribution in [0.3, 0.4) is 0 Å². The van der Waals surface area contributed by atoms with Crippen LogP contribution in [0.1, 0.15) is 16.1 Å². The van der Waals surface area contributed by atoms with E-state index < -0.39 is 35.0 Å². The van der Waals surface area contributed by atoms with Crippen molar-refractivity contribution in [3.63, 3.8) is 0 Å². The SMILES string of the molecule is COc1cc(F)ccc1Oc1nnc(C(F)(F)F)cc1C(=O)Nc1cccc(SC)c1. The molecule has 0 aliphatic heterocycles. The van der Waals surface area contributed by atoms with Crippen molar-refractivity contribution in [2.24, 2.45) is 0 Å². The van der Waals surface area contributed by atoms with Gasteiger partial charge < -0.3 is 14.8 Å². The third-order valence-electron chi connectivity index (χ3n) is 3.95. The summed E-state index contributed by atoms with van der Waals surface area (Å²) < 4.78 is 63.3. The molecule has 0 atom stereocenters. The van der Waals surface area contributed by atoms with Gasteiger partial charge in [-0.15, -0.1) is 22.0 Å². The molecule has 31 heavy (non-hydrogen) atoms. The lowest BCUT2D eigenvalue weighted by molar-refractivity contribution is -0.141. The average Bonchev–Trinajstić information content (AvgIpc) is 2.74. The third kappa shape index (κ3) is 5.43. The van der Waals surface area contributed by atoms with Gasteiger partial charge in [0.05, 0.1) is 7.11 Å². The number of carbonyl (C=O) groups is 1. The Hall–Kier alpha value is -3.34. The number of thioether (sulfide) groups is 1. The molecule has 1 N–H and O–H groups in total. The quantitative estimate of drug-likeness (QED) is 0.398. The molecular formula is C20H15F4N3O3S. The van der Waals surface area contributed by atoms with E-state index >= 15 is 0 Å². The van der Waals surface area contributed by atoms with Gasteiger partial charge in [0.2, 0.25) is 0 Å². The smallest absolute Gasteiger partial charge is 0.435 e. The molecule has 0 saturated carbocycles. The molecule has 3 rings (SSSR count). The first-order chi connectivity index (χ1) is 14.7. The number of carbonyl (C=O) groups excluding carboxylic acids is 1. The van der Waals surface area contributed by atoms with Crippen LogP contribution in [0.2, 0.25) is 0 Å². The van der Waals surface area contributed by atoms with Crippen molar-refractivity contribution in [2.75, 3.05) is 18.7 Å². The van der Waals surface area contributed by atoms with Crippen molar-refractivity contribution in [3.05, 3.63) is 65.6 Å². The van der Waals surface area contributed by atoms with E-state index in [9.17, 15) is 22.4 Å². The zero-order valence-electron chi connectivity index (χ0n) is 16.2. The van der Waals surface area contributed by atoms with Gasteiger partial charge in [0.1, 0.15) is 11.4 Å². The van der Waals surface area contributed by atoms with Gasteiger partial charge in [-0.1, -0.05) is 6.07 Å². The lowest BCUT2D eigenvalue weighted by Crippen LogP contribution is -2.18. The van der Waals surface area contributed by atoms with Crippen LogP contribution in [0.25, 0.3) is 0 Å². The molecule has 0 fully saturated rings. The molecule has 1 aromatic heterocycles. The van der Waals surface area contributed by atoms with Crippen molar-refractivity contribution >= 4 is 23.4 Å². The summed E-state index contributed by atoms with van der Waals surface area (Å²) in [7, 11) is 1.26. The fourth-order valence-electron chi connectivity index (χ4n) is 2.49. The van der Waals surface area contributed by atoms with E-state index in [-0.39, 0.29) is 11.5 Å².